The molecule has 0 atom stereocenters. The van der Waals surface area contributed by atoms with Crippen molar-refractivity contribution in [2.75, 3.05) is 5.33 Å². The standard InChI is InChI=1S/C8H4BrCl2NO3/c9-3-6(13)7-5(12(14)15)2-1-4(10)8(7)11/h1-2H,3H2. The van der Waals surface area contributed by atoms with Crippen molar-refractivity contribution in [1.82, 2.24) is 0 Å². The highest BCUT2D eigenvalue weighted by Crippen LogP contribution is 2.33. The summed E-state index contributed by atoms with van der Waals surface area (Å²) in [5.41, 5.74) is -0.500. The van der Waals surface area contributed by atoms with Crippen molar-refractivity contribution in [2.24, 2.45) is 0 Å². The number of carbonyl (C=O) groups excluding carboxylic acids is 1. The molecule has 0 aromatic heterocycles. The summed E-state index contributed by atoms with van der Waals surface area (Å²) in [6.45, 7) is 0. The van der Waals surface area contributed by atoms with E-state index in [1.165, 1.54) is 6.07 Å². The molecule has 1 rings (SSSR count). The van der Waals surface area contributed by atoms with Crippen molar-refractivity contribution in [3.05, 3.63) is 37.9 Å². The molecule has 7 heteroatoms. The highest BCUT2D eigenvalue weighted by molar-refractivity contribution is 9.09. The molecule has 0 amide bonds. The van der Waals surface area contributed by atoms with Crippen molar-refractivity contribution >= 4 is 50.6 Å². The molecule has 1 aromatic carbocycles. The minimum atomic E-state index is -0.669. The Hall–Kier alpha value is -0.650. The zero-order chi connectivity index (χ0) is 11.6. The normalized spacial score (nSPS) is 10.1. The molecule has 0 aliphatic heterocycles. The van der Waals surface area contributed by atoms with E-state index in [0.717, 1.165) is 6.07 Å². The van der Waals surface area contributed by atoms with Gasteiger partial charge in [-0.2, -0.15) is 0 Å². The largest absolute Gasteiger partial charge is 0.293 e. The Balaban J connectivity index is 3.48. The van der Waals surface area contributed by atoms with E-state index in [9.17, 15) is 14.9 Å². The third kappa shape index (κ3) is 2.48. The number of nitro benzene ring substituents is 1. The fraction of sp³-hybridized carbons (Fsp3) is 0.125. The summed E-state index contributed by atoms with van der Waals surface area (Å²) in [4.78, 5) is 21.4. The van der Waals surface area contributed by atoms with Crippen molar-refractivity contribution < 1.29 is 9.72 Å². The van der Waals surface area contributed by atoms with Gasteiger partial charge in [0, 0.05) is 6.07 Å². The lowest BCUT2D eigenvalue weighted by atomic mass is 10.1. The number of alkyl halides is 1. The third-order valence-corrected chi connectivity index (χ3v) is 2.98. The van der Waals surface area contributed by atoms with Gasteiger partial charge in [-0.25, -0.2) is 0 Å². The number of rotatable bonds is 3. The second-order valence-electron chi connectivity index (χ2n) is 2.57. The molecular formula is C8H4BrCl2NO3. The molecule has 0 aliphatic rings. The predicted octanol–water partition coefficient (Wildman–Crippen LogP) is 3.48. The van der Waals surface area contributed by atoms with E-state index in [1.54, 1.807) is 0 Å². The summed E-state index contributed by atoms with van der Waals surface area (Å²) >= 11 is 14.3. The lowest BCUT2D eigenvalue weighted by Gasteiger charge is -2.03. The quantitative estimate of drug-likeness (QED) is 0.371. The van der Waals surface area contributed by atoms with Gasteiger partial charge in [-0.1, -0.05) is 39.1 Å². The van der Waals surface area contributed by atoms with Crippen LogP contribution in [0, 0.1) is 10.1 Å². The van der Waals surface area contributed by atoms with E-state index < -0.39 is 10.7 Å². The first-order valence-corrected chi connectivity index (χ1v) is 5.58. The topological polar surface area (TPSA) is 60.2 Å². The molecule has 80 valence electrons. The van der Waals surface area contributed by atoms with Crippen molar-refractivity contribution in [1.29, 1.82) is 0 Å². The van der Waals surface area contributed by atoms with Gasteiger partial charge in [0.15, 0.2) is 5.78 Å². The summed E-state index contributed by atoms with van der Waals surface area (Å²) in [6, 6.07) is 2.44. The summed E-state index contributed by atoms with van der Waals surface area (Å²) in [5.74, 6) is -0.478. The van der Waals surface area contributed by atoms with E-state index in [1.807, 2.05) is 0 Å². The van der Waals surface area contributed by atoms with Gasteiger partial charge in [0.2, 0.25) is 0 Å². The van der Waals surface area contributed by atoms with E-state index in [-0.39, 0.29) is 26.6 Å². The number of halogens is 3. The van der Waals surface area contributed by atoms with Crippen molar-refractivity contribution in [3.63, 3.8) is 0 Å². The molecule has 0 aliphatic carbocycles. The van der Waals surface area contributed by atoms with Crippen LogP contribution in [0.1, 0.15) is 10.4 Å². The van der Waals surface area contributed by atoms with Crippen LogP contribution in [0.3, 0.4) is 0 Å². The van der Waals surface area contributed by atoms with Gasteiger partial charge in [0.05, 0.1) is 20.3 Å². The Morgan fingerprint density at radius 3 is 2.53 bits per heavy atom. The summed E-state index contributed by atoms with van der Waals surface area (Å²) < 4.78 is 0. The molecule has 0 saturated carbocycles. The number of hydrogen-bond acceptors (Lipinski definition) is 3. The monoisotopic (exact) mass is 311 g/mol. The fourth-order valence-corrected chi connectivity index (χ4v) is 1.73. The Labute approximate surface area is 103 Å². The van der Waals surface area contributed by atoms with Gasteiger partial charge >= 0.3 is 0 Å². The SMILES string of the molecule is O=C(CBr)c1c([N+](=O)[O-])ccc(Cl)c1Cl. The van der Waals surface area contributed by atoms with Crippen LogP contribution in [0.25, 0.3) is 0 Å². The number of nitrogens with zero attached hydrogens (tertiary/aromatic N) is 1. The molecule has 0 unspecified atom stereocenters. The van der Waals surface area contributed by atoms with Crippen LogP contribution in [-0.4, -0.2) is 16.0 Å². The first-order chi connectivity index (χ1) is 6.99. The van der Waals surface area contributed by atoms with Gasteiger partial charge in [0.1, 0.15) is 5.56 Å². The van der Waals surface area contributed by atoms with E-state index >= 15 is 0 Å². The number of Topliss-reactive ketones (excluding diaryl/α,β-unsaturated/α-hetero) is 1. The molecule has 0 fully saturated rings. The molecule has 0 N–H and O–H groups in total. The molecule has 1 aromatic rings. The van der Waals surface area contributed by atoms with Gasteiger partial charge < -0.3 is 0 Å². The Morgan fingerprint density at radius 2 is 2.07 bits per heavy atom. The zero-order valence-electron chi connectivity index (χ0n) is 7.17. The zero-order valence-corrected chi connectivity index (χ0v) is 10.3. The third-order valence-electron chi connectivity index (χ3n) is 1.67. The minimum absolute atomic E-state index is 0.0477. The molecule has 0 heterocycles. The number of carbonyl (C=O) groups is 1. The minimum Gasteiger partial charge on any atom is -0.293 e. The Bertz CT molecular complexity index is 436. The van der Waals surface area contributed by atoms with Crippen molar-refractivity contribution in [2.45, 2.75) is 0 Å². The number of nitro groups is 1. The second-order valence-corrected chi connectivity index (χ2v) is 3.92. The number of ketones is 1. The molecule has 0 bridgehead atoms. The maximum Gasteiger partial charge on any atom is 0.281 e. The van der Waals surface area contributed by atoms with Crippen LogP contribution in [0.5, 0.6) is 0 Å². The average molecular weight is 313 g/mol. The van der Waals surface area contributed by atoms with Crippen LogP contribution in [0.4, 0.5) is 5.69 Å². The van der Waals surface area contributed by atoms with E-state index in [4.69, 9.17) is 23.2 Å². The van der Waals surface area contributed by atoms with E-state index in [2.05, 4.69) is 15.9 Å². The van der Waals surface area contributed by atoms with Gasteiger partial charge in [-0.3, -0.25) is 14.9 Å². The van der Waals surface area contributed by atoms with Gasteiger partial charge in [-0.05, 0) is 6.07 Å². The molecule has 0 saturated heterocycles. The molecule has 15 heavy (non-hydrogen) atoms. The summed E-state index contributed by atoms with van der Waals surface area (Å²) in [6.07, 6.45) is 0. The number of benzene rings is 1. The Kier molecular flexibility index (Phi) is 4.07. The van der Waals surface area contributed by atoms with Crippen molar-refractivity contribution in [3.8, 4) is 0 Å². The first kappa shape index (κ1) is 12.4. The first-order valence-electron chi connectivity index (χ1n) is 3.70. The molecule has 4 nitrogen and oxygen atoms in total. The summed E-state index contributed by atoms with van der Waals surface area (Å²) in [5, 5.41) is 10.6. The lowest BCUT2D eigenvalue weighted by molar-refractivity contribution is -0.385. The fourth-order valence-electron chi connectivity index (χ4n) is 1.02. The van der Waals surface area contributed by atoms with E-state index in [0.29, 0.717) is 0 Å². The highest BCUT2D eigenvalue weighted by atomic mass is 79.9. The lowest BCUT2D eigenvalue weighted by Crippen LogP contribution is -2.06. The van der Waals surface area contributed by atoms with Gasteiger partial charge in [0.25, 0.3) is 5.69 Å². The van der Waals surface area contributed by atoms with Gasteiger partial charge in [-0.15, -0.1) is 0 Å². The number of hydrogen-bond donors (Lipinski definition) is 0. The maximum absolute atomic E-state index is 11.4. The van der Waals surface area contributed by atoms with Crippen LogP contribution >= 0.6 is 39.1 Å². The second kappa shape index (κ2) is 4.92. The molecular weight excluding hydrogens is 309 g/mol. The van der Waals surface area contributed by atoms with Crippen LogP contribution in [-0.2, 0) is 0 Å². The molecule has 0 spiro atoms. The van der Waals surface area contributed by atoms with Crippen LogP contribution in [0.15, 0.2) is 12.1 Å². The summed E-state index contributed by atoms with van der Waals surface area (Å²) in [7, 11) is 0. The molecule has 0 radical (unpaired) electrons. The van der Waals surface area contributed by atoms with Crippen LogP contribution < -0.4 is 0 Å². The Morgan fingerprint density at radius 1 is 1.47 bits per heavy atom. The average Bonchev–Trinajstić information content (AvgIpc) is 2.20. The van der Waals surface area contributed by atoms with Crippen LogP contribution in [0.2, 0.25) is 10.0 Å². The predicted molar refractivity (Wildman–Crippen MR) is 61.2 cm³/mol. The highest BCUT2D eigenvalue weighted by Gasteiger charge is 2.24. The maximum atomic E-state index is 11.4. The smallest absolute Gasteiger partial charge is 0.281 e.